The Morgan fingerprint density at radius 2 is 1.79 bits per heavy atom. The fourth-order valence-electron chi connectivity index (χ4n) is 1.15. The van der Waals surface area contributed by atoms with E-state index in [2.05, 4.69) is 0 Å². The molecule has 0 aromatic heterocycles. The maximum Gasteiger partial charge on any atom is 0.697 e. The predicted molar refractivity (Wildman–Crippen MR) is 45.7 cm³/mol. The Morgan fingerprint density at radius 1 is 1.21 bits per heavy atom. The second-order valence-corrected chi connectivity index (χ2v) is 5.37. The van der Waals surface area contributed by atoms with E-state index in [0.717, 1.165) is 0 Å². The van der Waals surface area contributed by atoms with Crippen molar-refractivity contribution in [1.29, 1.82) is 0 Å². The van der Waals surface area contributed by atoms with Crippen molar-refractivity contribution in [2.24, 2.45) is 5.41 Å². The molecule has 0 unspecified atom stereocenters. The summed E-state index contributed by atoms with van der Waals surface area (Å²) in [6.07, 6.45) is 0. The maximum absolute atomic E-state index is 10.8. The highest BCUT2D eigenvalue weighted by Gasteiger charge is 2.47. The summed E-state index contributed by atoms with van der Waals surface area (Å²) >= 11 is 0. The quantitative estimate of drug-likeness (QED) is 0.522. The zero-order chi connectivity index (χ0) is 10.0. The molecule has 2 N–H and O–H groups in total. The van der Waals surface area contributed by atoms with Crippen LogP contribution in [0.3, 0.4) is 0 Å². The number of hydrogen-bond acceptors (Lipinski definition) is 7. The molecule has 14 heavy (non-hydrogen) atoms. The first-order valence-corrected chi connectivity index (χ1v) is 6.20. The van der Waals surface area contributed by atoms with Crippen LogP contribution < -0.4 is 5.25 Å². The highest BCUT2D eigenvalue weighted by Crippen LogP contribution is 2.46. The third kappa shape index (κ3) is 2.27. The van der Waals surface area contributed by atoms with Crippen LogP contribution in [0.4, 0.5) is 0 Å². The highest BCUT2D eigenvalue weighted by atomic mass is 31.2. The van der Waals surface area contributed by atoms with Crippen molar-refractivity contribution in [3.8, 4) is 0 Å². The molecule has 0 aromatic rings. The third-order valence-electron chi connectivity index (χ3n) is 2.01. The minimum absolute atomic E-state index is 0.288. The van der Waals surface area contributed by atoms with Crippen molar-refractivity contribution in [3.63, 3.8) is 0 Å². The van der Waals surface area contributed by atoms with Crippen LogP contribution in [0.15, 0.2) is 0 Å². The third-order valence-corrected chi connectivity index (χ3v) is 3.58. The first kappa shape index (κ1) is 10.8. The van der Waals surface area contributed by atoms with Gasteiger partial charge in [0.05, 0.1) is 18.6 Å². The van der Waals surface area contributed by atoms with Gasteiger partial charge in [-0.15, -0.1) is 14.3 Å². The van der Waals surface area contributed by atoms with Gasteiger partial charge < -0.3 is 14.3 Å². The summed E-state index contributed by atoms with van der Waals surface area (Å²) in [5, 5.41) is 10.5. The lowest BCUT2D eigenvalue weighted by Crippen LogP contribution is -2.44. The van der Waals surface area contributed by atoms with Gasteiger partial charge in [0.1, 0.15) is 13.2 Å². The lowest BCUT2D eigenvalue weighted by molar-refractivity contribution is -0.0612. The Balaban J connectivity index is 1.89. The second kappa shape index (κ2) is 4.43. The zero-order valence-corrected chi connectivity index (χ0v) is 9.00. The molecule has 0 radical (unpaired) electrons. The van der Waals surface area contributed by atoms with Crippen molar-refractivity contribution in [2.75, 3.05) is 26.4 Å². The Bertz CT molecular complexity index is 218. The number of rotatable bonds is 1. The van der Waals surface area contributed by atoms with Crippen molar-refractivity contribution < 1.29 is 27.9 Å². The molecule has 0 amide bonds. The summed E-state index contributed by atoms with van der Waals surface area (Å²) in [6.45, 7) is 1.29. The molecule has 0 aliphatic carbocycles. The van der Waals surface area contributed by atoms with Crippen LogP contribution in [-0.4, -0.2) is 31.6 Å². The molecule has 0 bridgehead atoms. The predicted octanol–water partition coefficient (Wildman–Crippen LogP) is 0.929. The van der Waals surface area contributed by atoms with Crippen LogP contribution in [0.1, 0.15) is 0 Å². The van der Waals surface area contributed by atoms with Crippen molar-refractivity contribution >= 4 is 16.8 Å². The minimum Gasteiger partial charge on any atom is -0.320 e. The Labute approximate surface area is 82.5 Å². The molecule has 2 heterocycles. The summed E-state index contributed by atoms with van der Waals surface area (Å²) < 4.78 is 30.9. The van der Waals surface area contributed by atoms with Crippen LogP contribution in [0, 0.1) is 5.41 Å². The summed E-state index contributed by atoms with van der Waals surface area (Å²) in [7, 11) is -3.39. The number of nitrogens with one attached hydrogen (secondary N) is 1. The summed E-state index contributed by atoms with van der Waals surface area (Å²) in [6, 6.07) is 0. The molecule has 2 aliphatic rings. The van der Waals surface area contributed by atoms with Gasteiger partial charge in [-0.05, 0) is 0 Å². The first-order chi connectivity index (χ1) is 6.74. The summed E-state index contributed by atoms with van der Waals surface area (Å²) in [5.41, 5.74) is -0.390. The van der Waals surface area contributed by atoms with Gasteiger partial charge in [0.15, 0.2) is 0 Å². The molecular formula is C5H10NO6P2+. The molecule has 1 spiro atoms. The molecular weight excluding hydrogens is 232 g/mol. The highest BCUT2D eigenvalue weighted by molar-refractivity contribution is 7.44. The van der Waals surface area contributed by atoms with E-state index in [1.165, 1.54) is 0 Å². The molecule has 80 valence electrons. The Hall–Kier alpha value is 0.290. The van der Waals surface area contributed by atoms with Gasteiger partial charge >= 0.3 is 8.25 Å². The standard InChI is InChI=1S/C5H10NO6P2/c7-6-13-9-1-5(2-10-13)3-11-14(8)12-4-5/h6-7H,1-4H2/q+1. The van der Waals surface area contributed by atoms with Gasteiger partial charge in [0.25, 0.3) is 8.53 Å². The van der Waals surface area contributed by atoms with Crippen molar-refractivity contribution in [3.05, 3.63) is 0 Å². The normalized spacial score (nSPS) is 41.5. The first-order valence-electron chi connectivity index (χ1n) is 3.93. The molecule has 0 saturated carbocycles. The van der Waals surface area contributed by atoms with E-state index < -0.39 is 16.8 Å². The molecule has 9 heteroatoms. The van der Waals surface area contributed by atoms with E-state index in [1.54, 1.807) is 0 Å². The molecule has 2 rings (SSSR count). The largest absolute Gasteiger partial charge is 0.697 e. The van der Waals surface area contributed by atoms with Crippen LogP contribution in [0.5, 0.6) is 0 Å². The molecule has 7 nitrogen and oxygen atoms in total. The fourth-order valence-corrected chi connectivity index (χ4v) is 2.96. The van der Waals surface area contributed by atoms with E-state index in [9.17, 15) is 4.57 Å². The topological polar surface area (TPSA) is 86.3 Å². The molecule has 0 atom stereocenters. The van der Waals surface area contributed by atoms with Crippen LogP contribution in [-0.2, 0) is 22.7 Å². The van der Waals surface area contributed by atoms with Gasteiger partial charge in [-0.25, -0.2) is 0 Å². The Morgan fingerprint density at radius 3 is 2.29 bits per heavy atom. The SMILES string of the molecule is O=[P+]1OCC2(COP(NO)OC2)CO1. The van der Waals surface area contributed by atoms with E-state index in [0.29, 0.717) is 13.2 Å². The van der Waals surface area contributed by atoms with Crippen LogP contribution in [0.25, 0.3) is 0 Å². The molecule has 2 aliphatic heterocycles. The fraction of sp³-hybridized carbons (Fsp3) is 1.00. The Kier molecular flexibility index (Phi) is 3.42. The van der Waals surface area contributed by atoms with Gasteiger partial charge in [-0.3, -0.25) is 0 Å². The second-order valence-electron chi connectivity index (χ2n) is 3.17. The minimum atomic E-state index is -1.98. The number of hydrogen-bond donors (Lipinski definition) is 2. The van der Waals surface area contributed by atoms with Crippen LogP contribution >= 0.6 is 16.8 Å². The summed E-state index contributed by atoms with van der Waals surface area (Å²) in [5.74, 6) is 0. The molecule has 2 saturated heterocycles. The van der Waals surface area contributed by atoms with E-state index >= 15 is 0 Å². The maximum atomic E-state index is 10.8. The molecule has 2 fully saturated rings. The van der Waals surface area contributed by atoms with Crippen LogP contribution in [0.2, 0.25) is 0 Å². The van der Waals surface area contributed by atoms with Gasteiger partial charge in [0.2, 0.25) is 0 Å². The van der Waals surface area contributed by atoms with Crippen molar-refractivity contribution in [1.82, 2.24) is 5.25 Å². The lowest BCUT2D eigenvalue weighted by Gasteiger charge is -2.36. The molecule has 0 aromatic carbocycles. The lowest BCUT2D eigenvalue weighted by atomic mass is 9.93. The summed E-state index contributed by atoms with van der Waals surface area (Å²) in [4.78, 5) is 0. The van der Waals surface area contributed by atoms with E-state index in [-0.39, 0.29) is 18.6 Å². The monoisotopic (exact) mass is 242 g/mol. The van der Waals surface area contributed by atoms with Gasteiger partial charge in [-0.1, -0.05) is 0 Å². The zero-order valence-electron chi connectivity index (χ0n) is 7.21. The van der Waals surface area contributed by atoms with Gasteiger partial charge in [-0.2, -0.15) is 0 Å². The van der Waals surface area contributed by atoms with E-state index in [1.807, 2.05) is 5.25 Å². The average molecular weight is 242 g/mol. The van der Waals surface area contributed by atoms with Crippen molar-refractivity contribution in [2.45, 2.75) is 0 Å². The smallest absolute Gasteiger partial charge is 0.320 e. The van der Waals surface area contributed by atoms with Gasteiger partial charge in [0, 0.05) is 4.57 Å². The average Bonchev–Trinajstić information content (AvgIpc) is 2.24. The van der Waals surface area contributed by atoms with E-state index in [4.69, 9.17) is 23.3 Å².